The summed E-state index contributed by atoms with van der Waals surface area (Å²) in [6, 6.07) is 3.18. The first-order chi connectivity index (χ1) is 9.79. The molecule has 1 saturated carbocycles. The molecule has 21 heavy (non-hydrogen) atoms. The van der Waals surface area contributed by atoms with E-state index in [0.29, 0.717) is 12.8 Å². The molecule has 0 heterocycles. The minimum atomic E-state index is -4.26. The molecule has 116 valence electrons. The molecule has 0 aromatic heterocycles. The zero-order chi connectivity index (χ0) is 15.6. The summed E-state index contributed by atoms with van der Waals surface area (Å²) >= 11 is 5.76. The van der Waals surface area contributed by atoms with Crippen molar-refractivity contribution in [1.82, 2.24) is 5.32 Å². The fraction of sp³-hybridized carbons (Fsp3) is 0.500. The van der Waals surface area contributed by atoms with Gasteiger partial charge in [-0.15, -0.1) is 0 Å². The van der Waals surface area contributed by atoms with Gasteiger partial charge in [-0.3, -0.25) is 4.79 Å². The van der Waals surface area contributed by atoms with Gasteiger partial charge in [-0.1, -0.05) is 24.1 Å². The van der Waals surface area contributed by atoms with Crippen molar-refractivity contribution in [1.29, 1.82) is 0 Å². The van der Waals surface area contributed by atoms with Crippen LogP contribution in [0.5, 0.6) is 0 Å². The lowest BCUT2D eigenvalue weighted by Gasteiger charge is -2.31. The molecule has 1 amide bonds. The van der Waals surface area contributed by atoms with E-state index in [-0.39, 0.29) is 23.4 Å². The van der Waals surface area contributed by atoms with Crippen molar-refractivity contribution in [3.63, 3.8) is 0 Å². The highest BCUT2D eigenvalue weighted by Gasteiger charge is 2.42. The van der Waals surface area contributed by atoms with Crippen LogP contribution in [-0.2, 0) is 0 Å². The van der Waals surface area contributed by atoms with Crippen LogP contribution >= 0.6 is 11.6 Å². The minimum Gasteiger partial charge on any atom is -0.349 e. The number of benzene rings is 1. The molecular weight excluding hydrogens is 310 g/mol. The molecule has 1 fully saturated rings. The highest BCUT2D eigenvalue weighted by Crippen LogP contribution is 2.37. The average molecular weight is 324 g/mol. The van der Waals surface area contributed by atoms with Crippen LogP contribution in [0.25, 0.3) is 0 Å². The lowest BCUT2D eigenvalue weighted by Crippen LogP contribution is -2.41. The third-order valence-electron chi connectivity index (χ3n) is 3.66. The van der Waals surface area contributed by atoms with E-state index in [1.165, 1.54) is 12.1 Å². The predicted molar refractivity (Wildman–Crippen MR) is 70.7 cm³/mol. The van der Waals surface area contributed by atoms with E-state index in [1.807, 2.05) is 0 Å². The van der Waals surface area contributed by atoms with Crippen molar-refractivity contribution in [3.8, 4) is 0 Å². The van der Waals surface area contributed by atoms with Gasteiger partial charge in [0, 0.05) is 6.04 Å². The quantitative estimate of drug-likeness (QED) is 0.806. The molecule has 1 aliphatic carbocycles. The standard InChI is InChI=1S/C14H14ClF4NO/c15-10-5-2-6-11(16)12(10)13(21)20-9-4-1-3-8(7-9)14(17,18)19/h2,5-6,8-9H,1,3-4,7H2,(H,20,21). The number of hydrogen-bond acceptors (Lipinski definition) is 1. The molecule has 0 bridgehead atoms. The van der Waals surface area contributed by atoms with Crippen LogP contribution in [0.4, 0.5) is 17.6 Å². The van der Waals surface area contributed by atoms with Gasteiger partial charge in [0.25, 0.3) is 5.91 Å². The molecule has 7 heteroatoms. The molecule has 1 aromatic carbocycles. The van der Waals surface area contributed by atoms with Gasteiger partial charge < -0.3 is 5.32 Å². The smallest absolute Gasteiger partial charge is 0.349 e. The van der Waals surface area contributed by atoms with Crippen molar-refractivity contribution in [3.05, 3.63) is 34.6 Å². The fourth-order valence-corrected chi connectivity index (χ4v) is 2.84. The summed E-state index contributed by atoms with van der Waals surface area (Å²) in [6.45, 7) is 0. The van der Waals surface area contributed by atoms with Gasteiger partial charge >= 0.3 is 6.18 Å². The van der Waals surface area contributed by atoms with Gasteiger partial charge in [-0.05, 0) is 31.4 Å². The zero-order valence-corrected chi connectivity index (χ0v) is 11.8. The number of rotatable bonds is 2. The van der Waals surface area contributed by atoms with Crippen LogP contribution in [0, 0.1) is 11.7 Å². The molecule has 2 nitrogen and oxygen atoms in total. The van der Waals surface area contributed by atoms with E-state index < -0.39 is 29.9 Å². The Balaban J connectivity index is 2.06. The Morgan fingerprint density at radius 2 is 2.00 bits per heavy atom. The highest BCUT2D eigenvalue weighted by atomic mass is 35.5. The molecule has 0 radical (unpaired) electrons. The van der Waals surface area contributed by atoms with Crippen LogP contribution in [-0.4, -0.2) is 18.1 Å². The van der Waals surface area contributed by atoms with E-state index in [1.54, 1.807) is 0 Å². The summed E-state index contributed by atoms with van der Waals surface area (Å²) < 4.78 is 51.7. The van der Waals surface area contributed by atoms with Crippen LogP contribution in [0.1, 0.15) is 36.0 Å². The Morgan fingerprint density at radius 1 is 1.29 bits per heavy atom. The van der Waals surface area contributed by atoms with Gasteiger partial charge in [-0.2, -0.15) is 13.2 Å². The predicted octanol–water partition coefficient (Wildman–Crippen LogP) is 4.33. The van der Waals surface area contributed by atoms with E-state index in [2.05, 4.69) is 5.32 Å². The monoisotopic (exact) mass is 323 g/mol. The Bertz CT molecular complexity index is 512. The molecule has 2 unspecified atom stereocenters. The SMILES string of the molecule is O=C(NC1CCCC(C(F)(F)F)C1)c1c(F)cccc1Cl. The second-order valence-corrected chi connectivity index (χ2v) is 5.58. The number of carbonyl (C=O) groups excluding carboxylic acids is 1. The first-order valence-corrected chi connectivity index (χ1v) is 6.98. The van der Waals surface area contributed by atoms with Crippen molar-refractivity contribution in [2.75, 3.05) is 0 Å². The summed E-state index contributed by atoms with van der Waals surface area (Å²) in [5.41, 5.74) is -0.326. The van der Waals surface area contributed by atoms with Crippen LogP contribution in [0.2, 0.25) is 5.02 Å². The number of halogens is 5. The molecule has 0 aliphatic heterocycles. The second kappa shape index (κ2) is 6.22. The zero-order valence-electron chi connectivity index (χ0n) is 11.0. The molecule has 2 atom stereocenters. The van der Waals surface area contributed by atoms with E-state index in [4.69, 9.17) is 11.6 Å². The van der Waals surface area contributed by atoms with Crippen LogP contribution in [0.3, 0.4) is 0 Å². The number of alkyl halides is 3. The lowest BCUT2D eigenvalue weighted by atomic mass is 9.85. The number of nitrogens with one attached hydrogen (secondary N) is 1. The van der Waals surface area contributed by atoms with Crippen molar-refractivity contribution in [2.45, 2.75) is 37.9 Å². The highest BCUT2D eigenvalue weighted by molar-refractivity contribution is 6.33. The number of carbonyl (C=O) groups is 1. The second-order valence-electron chi connectivity index (χ2n) is 5.17. The van der Waals surface area contributed by atoms with E-state index in [9.17, 15) is 22.4 Å². The topological polar surface area (TPSA) is 29.1 Å². The molecule has 0 saturated heterocycles. The summed E-state index contributed by atoms with van der Waals surface area (Å²) in [5, 5.41) is 2.40. The molecule has 1 N–H and O–H groups in total. The Kier molecular flexibility index (Phi) is 4.76. The van der Waals surface area contributed by atoms with Gasteiger partial charge in [0.1, 0.15) is 5.82 Å². The minimum absolute atomic E-state index is 0.0596. The molecule has 2 rings (SSSR count). The Morgan fingerprint density at radius 3 is 2.62 bits per heavy atom. The third kappa shape index (κ3) is 3.87. The number of hydrogen-bond donors (Lipinski definition) is 1. The fourth-order valence-electron chi connectivity index (χ4n) is 2.59. The van der Waals surface area contributed by atoms with E-state index in [0.717, 1.165) is 6.07 Å². The lowest BCUT2D eigenvalue weighted by molar-refractivity contribution is -0.183. The summed E-state index contributed by atoms with van der Waals surface area (Å²) in [4.78, 5) is 12.0. The Hall–Kier alpha value is -1.30. The first-order valence-electron chi connectivity index (χ1n) is 6.60. The summed E-state index contributed by atoms with van der Waals surface area (Å²) in [6.07, 6.45) is -3.55. The van der Waals surface area contributed by atoms with E-state index >= 15 is 0 Å². The van der Waals surface area contributed by atoms with Crippen molar-refractivity contribution in [2.24, 2.45) is 5.92 Å². The molecule has 0 spiro atoms. The Labute approximate surface area is 124 Å². The van der Waals surface area contributed by atoms with Crippen LogP contribution in [0.15, 0.2) is 18.2 Å². The maximum atomic E-state index is 13.6. The third-order valence-corrected chi connectivity index (χ3v) is 3.98. The first kappa shape index (κ1) is 16.1. The van der Waals surface area contributed by atoms with Gasteiger partial charge in [0.2, 0.25) is 0 Å². The molecule has 1 aromatic rings. The molecule has 1 aliphatic rings. The van der Waals surface area contributed by atoms with Gasteiger partial charge in [-0.25, -0.2) is 4.39 Å². The maximum absolute atomic E-state index is 13.6. The van der Waals surface area contributed by atoms with Crippen LogP contribution < -0.4 is 5.32 Å². The summed E-state index contributed by atoms with van der Waals surface area (Å²) in [7, 11) is 0. The number of amides is 1. The van der Waals surface area contributed by atoms with Crippen molar-refractivity contribution < 1.29 is 22.4 Å². The average Bonchev–Trinajstić information content (AvgIpc) is 2.37. The van der Waals surface area contributed by atoms with Crippen molar-refractivity contribution >= 4 is 17.5 Å². The van der Waals surface area contributed by atoms with Gasteiger partial charge in [0.05, 0.1) is 16.5 Å². The maximum Gasteiger partial charge on any atom is 0.391 e. The molecular formula is C14H14ClF4NO. The summed E-state index contributed by atoms with van der Waals surface area (Å²) in [5.74, 6) is -2.98. The van der Waals surface area contributed by atoms with Gasteiger partial charge in [0.15, 0.2) is 0 Å². The normalized spacial score (nSPS) is 22.9. The largest absolute Gasteiger partial charge is 0.391 e.